The molecule has 0 unspecified atom stereocenters. The molecule has 0 saturated carbocycles. The van der Waals surface area contributed by atoms with E-state index in [-0.39, 0.29) is 11.7 Å². The molecule has 5 N–H and O–H groups in total. The number of hydrogen-bond acceptors (Lipinski definition) is 6. The lowest BCUT2D eigenvalue weighted by molar-refractivity contribution is 0.289. The lowest BCUT2D eigenvalue weighted by atomic mass is 10.0. The number of benzene rings is 2. The van der Waals surface area contributed by atoms with Crippen LogP contribution in [0.25, 0.3) is 0 Å². The fourth-order valence-electron chi connectivity index (χ4n) is 5.93. The van der Waals surface area contributed by atoms with Gasteiger partial charge in [-0.25, -0.2) is 4.99 Å². The number of rotatable bonds is 26. The predicted molar refractivity (Wildman–Crippen MR) is 199 cm³/mol. The quantitative estimate of drug-likeness (QED) is 0.0682. The van der Waals surface area contributed by atoms with Crippen molar-refractivity contribution in [1.29, 1.82) is 5.41 Å². The van der Waals surface area contributed by atoms with Crippen LogP contribution in [-0.4, -0.2) is 24.9 Å². The summed E-state index contributed by atoms with van der Waals surface area (Å²) in [5, 5.41) is 9.07. The van der Waals surface area contributed by atoms with Gasteiger partial charge in [-0.2, -0.15) is 0 Å². The number of amidine groups is 2. The summed E-state index contributed by atoms with van der Waals surface area (Å²) in [7, 11) is 0. The fraction of sp³-hybridized carbons (Fsp3) is 0.632. The van der Waals surface area contributed by atoms with Gasteiger partial charge in [-0.05, 0) is 25.0 Å². The topological polar surface area (TPSA) is 107 Å². The maximum Gasteiger partial charge on any atom is 0.158 e. The summed E-state index contributed by atoms with van der Waals surface area (Å²) >= 11 is 8.58. The first-order chi connectivity index (χ1) is 22.5. The molecular formula is C38H59ClN4O2S. The molecule has 0 amide bonds. The summed E-state index contributed by atoms with van der Waals surface area (Å²) in [4.78, 5) is 5.90. The Bertz CT molecular complexity index is 1240. The van der Waals surface area contributed by atoms with Crippen LogP contribution in [0, 0.1) is 5.41 Å². The van der Waals surface area contributed by atoms with Gasteiger partial charge in [0.2, 0.25) is 0 Å². The van der Waals surface area contributed by atoms with Gasteiger partial charge in [0.1, 0.15) is 16.6 Å². The highest BCUT2D eigenvalue weighted by Gasteiger charge is 2.34. The third kappa shape index (κ3) is 12.3. The highest BCUT2D eigenvalue weighted by atomic mass is 35.5. The summed E-state index contributed by atoms with van der Waals surface area (Å²) in [5.41, 5.74) is 14.6. The first-order valence-corrected chi connectivity index (χ1v) is 19.3. The minimum atomic E-state index is 0.0621. The first kappa shape index (κ1) is 38.1. The number of fused-ring (bicyclic) bond motifs is 1. The van der Waals surface area contributed by atoms with Gasteiger partial charge in [0.25, 0.3) is 0 Å². The Balaban J connectivity index is 1.65. The van der Waals surface area contributed by atoms with E-state index >= 15 is 0 Å². The van der Waals surface area contributed by atoms with E-state index in [1.54, 1.807) is 0 Å². The van der Waals surface area contributed by atoms with Gasteiger partial charge in [0.15, 0.2) is 11.6 Å². The normalized spacial score (nSPS) is 12.4. The number of aliphatic imine (C=N–C) groups is 1. The zero-order valence-electron chi connectivity index (χ0n) is 28.6. The Morgan fingerprint density at radius 3 is 1.61 bits per heavy atom. The Morgan fingerprint density at radius 1 is 0.652 bits per heavy atom. The van der Waals surface area contributed by atoms with E-state index in [0.717, 1.165) is 30.6 Å². The van der Waals surface area contributed by atoms with Crippen LogP contribution in [0.4, 0.5) is 5.69 Å². The van der Waals surface area contributed by atoms with Crippen LogP contribution < -0.4 is 20.9 Å². The number of nitrogen functional groups attached to an aromatic ring is 1. The second-order valence-corrected chi connectivity index (χ2v) is 14.0. The predicted octanol–water partition coefficient (Wildman–Crippen LogP) is 11.7. The van der Waals surface area contributed by atoms with Gasteiger partial charge < -0.3 is 20.9 Å². The van der Waals surface area contributed by atoms with E-state index in [2.05, 4.69) is 18.8 Å². The van der Waals surface area contributed by atoms with Crippen LogP contribution >= 0.6 is 23.4 Å². The summed E-state index contributed by atoms with van der Waals surface area (Å²) in [6.45, 7) is 5.58. The monoisotopic (exact) mass is 670 g/mol. The summed E-state index contributed by atoms with van der Waals surface area (Å²) in [6, 6.07) is 7.72. The molecule has 8 heteroatoms. The lowest BCUT2D eigenvalue weighted by Gasteiger charge is -2.21. The average molecular weight is 671 g/mol. The molecule has 0 aliphatic carbocycles. The van der Waals surface area contributed by atoms with Gasteiger partial charge in [-0.1, -0.05) is 165 Å². The molecule has 1 aliphatic rings. The van der Waals surface area contributed by atoms with Crippen LogP contribution in [0.2, 0.25) is 5.02 Å². The van der Waals surface area contributed by atoms with Gasteiger partial charge >= 0.3 is 0 Å². The molecule has 0 aromatic heterocycles. The van der Waals surface area contributed by atoms with Crippen molar-refractivity contribution >= 4 is 40.7 Å². The molecule has 1 heterocycles. The minimum Gasteiger partial charge on any atom is -0.492 e. The SMILES string of the molecule is CCCCCCCCCCCCOc1c(Cl)c(Sc2ccccc2N)c(OCCCCCCCCCCCC)c2c1C(=N)N=C2N. The molecule has 0 fully saturated rings. The highest BCUT2D eigenvalue weighted by molar-refractivity contribution is 7.99. The Hall–Kier alpha value is -2.38. The van der Waals surface area contributed by atoms with Crippen molar-refractivity contribution in [3.8, 4) is 11.5 Å². The fourth-order valence-corrected chi connectivity index (χ4v) is 7.27. The van der Waals surface area contributed by atoms with Crippen molar-refractivity contribution in [1.82, 2.24) is 0 Å². The number of nitrogens with one attached hydrogen (secondary N) is 1. The molecule has 6 nitrogen and oxygen atoms in total. The van der Waals surface area contributed by atoms with E-state index in [4.69, 9.17) is 38.0 Å². The van der Waals surface area contributed by atoms with E-state index in [1.807, 2.05) is 24.3 Å². The number of anilines is 1. The average Bonchev–Trinajstić information content (AvgIpc) is 3.34. The second kappa shape index (κ2) is 22.2. The van der Waals surface area contributed by atoms with Crippen LogP contribution in [0.3, 0.4) is 0 Å². The number of unbranched alkanes of at least 4 members (excludes halogenated alkanes) is 18. The van der Waals surface area contributed by atoms with Gasteiger partial charge in [0, 0.05) is 10.6 Å². The van der Waals surface area contributed by atoms with Crippen molar-refractivity contribution < 1.29 is 9.47 Å². The van der Waals surface area contributed by atoms with E-state index in [9.17, 15) is 0 Å². The van der Waals surface area contributed by atoms with Gasteiger partial charge in [0.05, 0.1) is 29.2 Å². The van der Waals surface area contributed by atoms with Crippen molar-refractivity contribution in [2.45, 2.75) is 152 Å². The molecule has 3 rings (SSSR count). The molecule has 0 saturated heterocycles. The number of ether oxygens (including phenoxy) is 2. The summed E-state index contributed by atoms with van der Waals surface area (Å²) in [5.74, 6) is 1.36. The maximum atomic E-state index is 8.65. The zero-order valence-corrected chi connectivity index (χ0v) is 30.1. The van der Waals surface area contributed by atoms with E-state index in [0.29, 0.717) is 51.4 Å². The van der Waals surface area contributed by atoms with Gasteiger partial charge in [-0.3, -0.25) is 5.41 Å². The third-order valence-corrected chi connectivity index (χ3v) is 10.3. The molecule has 46 heavy (non-hydrogen) atoms. The third-order valence-electron chi connectivity index (χ3n) is 8.65. The first-order valence-electron chi connectivity index (χ1n) is 18.1. The van der Waals surface area contributed by atoms with Crippen LogP contribution in [0.1, 0.15) is 153 Å². The molecule has 0 atom stereocenters. The summed E-state index contributed by atoms with van der Waals surface area (Å²) in [6.07, 6.45) is 25.0. The molecule has 0 bridgehead atoms. The lowest BCUT2D eigenvalue weighted by Crippen LogP contribution is -2.15. The smallest absolute Gasteiger partial charge is 0.158 e. The maximum absolute atomic E-state index is 8.65. The standard InChI is InChI=1S/C38H59ClN4O2S/c1-3-5-7-9-11-13-15-17-19-23-27-44-34-31-32(38(42)43-37(31)41)35(36(33(34)39)46-30-26-22-21-25-29(30)40)45-28-24-20-18-16-14-12-10-8-6-4-2/h21-22,25-26H,3-20,23-24,27-28,40H2,1-2H3,(H3,41,42,43). The Morgan fingerprint density at radius 2 is 1.11 bits per heavy atom. The minimum absolute atomic E-state index is 0.0621. The molecule has 2 aromatic carbocycles. The highest BCUT2D eigenvalue weighted by Crippen LogP contribution is 2.51. The van der Waals surface area contributed by atoms with Crippen molar-refractivity contribution in [3.05, 3.63) is 40.4 Å². The number of hydrogen-bond donors (Lipinski definition) is 3. The van der Waals surface area contributed by atoms with Crippen LogP contribution in [0.5, 0.6) is 11.5 Å². The van der Waals surface area contributed by atoms with E-state index < -0.39 is 0 Å². The molecule has 2 aromatic rings. The van der Waals surface area contributed by atoms with Gasteiger partial charge in [-0.15, -0.1) is 0 Å². The molecule has 0 radical (unpaired) electrons. The van der Waals surface area contributed by atoms with Crippen molar-refractivity contribution in [3.63, 3.8) is 0 Å². The summed E-state index contributed by atoms with van der Waals surface area (Å²) < 4.78 is 12.8. The second-order valence-electron chi connectivity index (χ2n) is 12.6. The number of para-hydroxylation sites is 1. The number of nitrogens with two attached hydrogens (primary N) is 2. The van der Waals surface area contributed by atoms with Crippen LogP contribution in [0.15, 0.2) is 39.0 Å². The number of halogens is 1. The number of nitrogens with zero attached hydrogens (tertiary/aromatic N) is 1. The van der Waals surface area contributed by atoms with E-state index in [1.165, 1.54) is 114 Å². The van der Waals surface area contributed by atoms with Crippen molar-refractivity contribution in [2.75, 3.05) is 18.9 Å². The Kier molecular flexibility index (Phi) is 18.4. The molecular weight excluding hydrogens is 612 g/mol. The zero-order chi connectivity index (χ0) is 33.0. The molecule has 0 spiro atoms. The molecule has 1 aliphatic heterocycles. The van der Waals surface area contributed by atoms with Crippen LogP contribution in [-0.2, 0) is 0 Å². The molecule has 256 valence electrons. The Labute approximate surface area is 288 Å². The largest absolute Gasteiger partial charge is 0.492 e. The van der Waals surface area contributed by atoms with Crippen molar-refractivity contribution in [2.24, 2.45) is 10.7 Å².